The Morgan fingerprint density at radius 1 is 1.14 bits per heavy atom. The van der Waals surface area contributed by atoms with E-state index in [0.29, 0.717) is 29.3 Å². The summed E-state index contributed by atoms with van der Waals surface area (Å²) in [6.07, 6.45) is 3.03. The lowest BCUT2D eigenvalue weighted by molar-refractivity contribution is 0.288. The lowest BCUT2D eigenvalue weighted by Crippen LogP contribution is -2.20. The van der Waals surface area contributed by atoms with E-state index >= 15 is 0 Å². The topological polar surface area (TPSA) is 119 Å². The quantitative estimate of drug-likeness (QED) is 0.568. The Balaban J connectivity index is 1.85. The minimum Gasteiger partial charge on any atom is -0.512 e. The number of nitrogens with zero attached hydrogens (tertiary/aromatic N) is 4. The van der Waals surface area contributed by atoms with Gasteiger partial charge in [0.25, 0.3) is 0 Å². The third kappa shape index (κ3) is 2.78. The van der Waals surface area contributed by atoms with Crippen molar-refractivity contribution in [3.8, 4) is 5.75 Å². The van der Waals surface area contributed by atoms with E-state index in [1.165, 1.54) is 6.33 Å². The molecule has 3 aromatic rings. The van der Waals surface area contributed by atoms with Gasteiger partial charge in [0, 0.05) is 6.54 Å². The second-order valence-corrected chi connectivity index (χ2v) is 4.39. The number of aromatic nitrogens is 4. The van der Waals surface area contributed by atoms with E-state index in [-0.39, 0.29) is 0 Å². The summed E-state index contributed by atoms with van der Waals surface area (Å²) in [7, 11) is -1.83. The zero-order valence-corrected chi connectivity index (χ0v) is 10.9. The van der Waals surface area contributed by atoms with Crippen LogP contribution in [-0.4, -0.2) is 36.9 Å². The molecule has 8 nitrogen and oxygen atoms in total. The van der Waals surface area contributed by atoms with E-state index in [0.717, 1.165) is 5.56 Å². The number of anilines is 1. The van der Waals surface area contributed by atoms with Crippen LogP contribution in [0.2, 0.25) is 0 Å². The van der Waals surface area contributed by atoms with Crippen LogP contribution in [0.4, 0.5) is 5.82 Å². The zero-order valence-electron chi connectivity index (χ0n) is 10.9. The third-order valence-corrected chi connectivity index (χ3v) is 2.96. The molecular weight excluding hydrogens is 273 g/mol. The molecule has 0 atom stereocenters. The van der Waals surface area contributed by atoms with Crippen LogP contribution in [0, 0.1) is 0 Å². The van der Waals surface area contributed by atoms with E-state index in [9.17, 15) is 0 Å². The van der Waals surface area contributed by atoms with E-state index in [2.05, 4.69) is 15.0 Å². The summed E-state index contributed by atoms with van der Waals surface area (Å²) >= 11 is 0. The van der Waals surface area contributed by atoms with Crippen molar-refractivity contribution in [2.45, 2.75) is 6.54 Å². The van der Waals surface area contributed by atoms with Crippen LogP contribution in [-0.2, 0) is 6.54 Å². The SMILES string of the molecule is Nc1ncnc2ncn(Cc3ccc(OB(O)O)cc3)c12. The van der Waals surface area contributed by atoms with Gasteiger partial charge < -0.3 is 25.0 Å². The second-order valence-electron chi connectivity index (χ2n) is 4.39. The first-order chi connectivity index (χ1) is 10.1. The molecule has 2 heterocycles. The van der Waals surface area contributed by atoms with Crippen LogP contribution >= 0.6 is 0 Å². The Kier molecular flexibility index (Phi) is 3.42. The van der Waals surface area contributed by atoms with Crippen molar-refractivity contribution in [3.63, 3.8) is 0 Å². The molecule has 0 aliphatic rings. The Morgan fingerprint density at radius 3 is 2.62 bits per heavy atom. The van der Waals surface area contributed by atoms with Gasteiger partial charge in [-0.1, -0.05) is 12.1 Å². The molecule has 0 bridgehead atoms. The molecule has 3 rings (SSSR count). The minimum absolute atomic E-state index is 0.368. The number of benzene rings is 1. The first kappa shape index (κ1) is 13.3. The summed E-state index contributed by atoms with van der Waals surface area (Å²) in [6, 6.07) is 6.91. The number of fused-ring (bicyclic) bond motifs is 1. The fourth-order valence-electron chi connectivity index (χ4n) is 2.05. The van der Waals surface area contributed by atoms with E-state index < -0.39 is 7.32 Å². The van der Waals surface area contributed by atoms with Crippen molar-refractivity contribution in [2.24, 2.45) is 0 Å². The molecule has 21 heavy (non-hydrogen) atoms. The molecule has 9 heteroatoms. The van der Waals surface area contributed by atoms with Crippen molar-refractivity contribution < 1.29 is 14.7 Å². The average Bonchev–Trinajstić information content (AvgIpc) is 2.85. The molecular formula is C12H12BN5O3. The summed E-state index contributed by atoms with van der Waals surface area (Å²) in [5.74, 6) is 0.743. The van der Waals surface area contributed by atoms with Crippen LogP contribution in [0.15, 0.2) is 36.9 Å². The number of rotatable bonds is 4. The molecule has 0 fully saturated rings. The van der Waals surface area contributed by atoms with Gasteiger partial charge in [-0.2, -0.15) is 0 Å². The van der Waals surface area contributed by atoms with Crippen LogP contribution in [0.25, 0.3) is 11.2 Å². The van der Waals surface area contributed by atoms with Crippen LogP contribution < -0.4 is 10.4 Å². The molecule has 0 radical (unpaired) electrons. The number of hydrogen-bond donors (Lipinski definition) is 3. The minimum atomic E-state index is -1.83. The monoisotopic (exact) mass is 285 g/mol. The van der Waals surface area contributed by atoms with Gasteiger partial charge in [-0.25, -0.2) is 15.0 Å². The average molecular weight is 285 g/mol. The predicted octanol–water partition coefficient (Wildman–Crippen LogP) is -0.195. The highest BCUT2D eigenvalue weighted by molar-refractivity contribution is 6.33. The highest BCUT2D eigenvalue weighted by Crippen LogP contribution is 2.18. The van der Waals surface area contributed by atoms with Gasteiger partial charge in [0.1, 0.15) is 17.6 Å². The predicted molar refractivity (Wildman–Crippen MR) is 76.1 cm³/mol. The molecule has 2 aromatic heterocycles. The summed E-state index contributed by atoms with van der Waals surface area (Å²) in [5, 5.41) is 17.4. The standard InChI is InChI=1S/C12H12BN5O3/c14-11-10-12(16-6-15-11)17-7-18(10)5-8-1-3-9(4-2-8)21-13(19)20/h1-4,6-7,19-20H,5H2,(H2,14,15,16). The normalized spacial score (nSPS) is 10.8. The first-order valence-electron chi connectivity index (χ1n) is 6.16. The molecule has 0 aliphatic carbocycles. The molecule has 0 aliphatic heterocycles. The van der Waals surface area contributed by atoms with E-state index in [4.69, 9.17) is 20.4 Å². The van der Waals surface area contributed by atoms with Crippen LogP contribution in [0.1, 0.15) is 5.56 Å². The van der Waals surface area contributed by atoms with Crippen LogP contribution in [0.5, 0.6) is 5.75 Å². The highest BCUT2D eigenvalue weighted by atomic mass is 16.6. The van der Waals surface area contributed by atoms with Gasteiger partial charge in [0.2, 0.25) is 0 Å². The van der Waals surface area contributed by atoms with E-state index in [1.54, 1.807) is 18.5 Å². The molecule has 0 amide bonds. The molecule has 0 spiro atoms. The van der Waals surface area contributed by atoms with Gasteiger partial charge in [0.05, 0.1) is 6.33 Å². The third-order valence-electron chi connectivity index (χ3n) is 2.96. The second kappa shape index (κ2) is 5.39. The molecule has 0 saturated carbocycles. The van der Waals surface area contributed by atoms with Crippen molar-refractivity contribution in [3.05, 3.63) is 42.5 Å². The number of nitrogen functional groups attached to an aromatic ring is 1. The van der Waals surface area contributed by atoms with Crippen molar-refractivity contribution in [1.82, 2.24) is 19.5 Å². The summed E-state index contributed by atoms with van der Waals surface area (Å²) < 4.78 is 6.59. The number of imidazole rings is 1. The lowest BCUT2D eigenvalue weighted by Gasteiger charge is -2.08. The van der Waals surface area contributed by atoms with Gasteiger partial charge in [0.15, 0.2) is 11.5 Å². The largest absolute Gasteiger partial charge is 0.707 e. The smallest absolute Gasteiger partial charge is 0.512 e. The summed E-state index contributed by atoms with van der Waals surface area (Å²) in [5.41, 5.74) is 8.05. The first-order valence-corrected chi connectivity index (χ1v) is 6.16. The van der Waals surface area contributed by atoms with Crippen LogP contribution in [0.3, 0.4) is 0 Å². The van der Waals surface area contributed by atoms with E-state index in [1.807, 2.05) is 16.7 Å². The zero-order chi connectivity index (χ0) is 14.8. The van der Waals surface area contributed by atoms with Crippen molar-refractivity contribution in [2.75, 3.05) is 5.73 Å². The Bertz CT molecular complexity index is 759. The van der Waals surface area contributed by atoms with Crippen molar-refractivity contribution >= 4 is 24.3 Å². The Morgan fingerprint density at radius 2 is 1.90 bits per heavy atom. The van der Waals surface area contributed by atoms with Gasteiger partial charge in [-0.05, 0) is 17.7 Å². The number of nitrogens with two attached hydrogens (primary N) is 1. The molecule has 1 aromatic carbocycles. The maximum atomic E-state index is 8.72. The maximum absolute atomic E-state index is 8.72. The maximum Gasteiger partial charge on any atom is 0.707 e. The molecule has 0 saturated heterocycles. The van der Waals surface area contributed by atoms with Gasteiger partial charge in [-0.3, -0.25) is 0 Å². The lowest BCUT2D eigenvalue weighted by atomic mass is 10.2. The summed E-state index contributed by atoms with van der Waals surface area (Å²) in [4.78, 5) is 12.2. The van der Waals surface area contributed by atoms with Crippen molar-refractivity contribution in [1.29, 1.82) is 0 Å². The molecule has 4 N–H and O–H groups in total. The van der Waals surface area contributed by atoms with Gasteiger partial charge >= 0.3 is 7.32 Å². The summed E-state index contributed by atoms with van der Waals surface area (Å²) in [6.45, 7) is 0.538. The fourth-order valence-corrected chi connectivity index (χ4v) is 2.05. The van der Waals surface area contributed by atoms with Gasteiger partial charge in [-0.15, -0.1) is 0 Å². The molecule has 0 unspecified atom stereocenters. The molecule has 106 valence electrons. The fraction of sp³-hybridized carbons (Fsp3) is 0.0833. The Hall–Kier alpha value is -2.65. The Labute approximate surface area is 120 Å². The number of hydrogen-bond acceptors (Lipinski definition) is 7. The highest BCUT2D eigenvalue weighted by Gasteiger charge is 2.11.